The average molecular weight is 552 g/mol. The molecule has 2 amide bonds. The minimum Gasteiger partial charge on any atom is -0.495 e. The van der Waals surface area contributed by atoms with Crippen LogP contribution in [0.25, 0.3) is 6.08 Å². The van der Waals surface area contributed by atoms with Crippen LogP contribution in [0.3, 0.4) is 0 Å². The van der Waals surface area contributed by atoms with Gasteiger partial charge in [0.05, 0.1) is 29.7 Å². The van der Waals surface area contributed by atoms with Crippen molar-refractivity contribution in [3.63, 3.8) is 0 Å². The molecule has 0 saturated carbocycles. The van der Waals surface area contributed by atoms with Gasteiger partial charge < -0.3 is 19.5 Å². The standard InChI is InChI=1S/C26H21N3O7S2/c1-34-20-9-4-3-8-19(20)28-25(31)23(38-26(28)37)13-16-10-11-21(22(12-16)35-2)36-15-24(30)27-17-6-5-7-18(14-17)29(32)33/h3-14H,15H2,1-2H3,(H,27,30)/b23-13-. The highest BCUT2D eigenvalue weighted by molar-refractivity contribution is 8.27. The first-order valence-corrected chi connectivity index (χ1v) is 12.3. The highest BCUT2D eigenvalue weighted by atomic mass is 32.2. The number of para-hydroxylation sites is 2. The van der Waals surface area contributed by atoms with E-state index < -0.39 is 10.8 Å². The van der Waals surface area contributed by atoms with Crippen LogP contribution in [-0.2, 0) is 9.59 Å². The van der Waals surface area contributed by atoms with Crippen molar-refractivity contribution < 1.29 is 28.7 Å². The van der Waals surface area contributed by atoms with E-state index in [0.29, 0.717) is 37.7 Å². The molecule has 1 aliphatic rings. The molecular weight excluding hydrogens is 530 g/mol. The highest BCUT2D eigenvalue weighted by Gasteiger charge is 2.34. The molecule has 3 aromatic carbocycles. The summed E-state index contributed by atoms with van der Waals surface area (Å²) in [5.74, 6) is 0.406. The number of nitro groups is 1. The molecular formula is C26H21N3O7S2. The Morgan fingerprint density at radius 3 is 2.55 bits per heavy atom. The number of ether oxygens (including phenoxy) is 3. The largest absolute Gasteiger partial charge is 0.495 e. The lowest BCUT2D eigenvalue weighted by Gasteiger charge is -2.17. The Bertz CT molecular complexity index is 1460. The topological polar surface area (TPSA) is 120 Å². The fourth-order valence-electron chi connectivity index (χ4n) is 3.57. The Hall–Kier alpha value is -4.42. The van der Waals surface area contributed by atoms with Gasteiger partial charge in [-0.25, -0.2) is 0 Å². The van der Waals surface area contributed by atoms with E-state index in [1.165, 1.54) is 55.1 Å². The van der Waals surface area contributed by atoms with Crippen LogP contribution in [0.1, 0.15) is 5.56 Å². The highest BCUT2D eigenvalue weighted by Crippen LogP contribution is 2.40. The van der Waals surface area contributed by atoms with Crippen molar-refractivity contribution in [1.82, 2.24) is 0 Å². The van der Waals surface area contributed by atoms with Crippen LogP contribution in [0.2, 0.25) is 0 Å². The van der Waals surface area contributed by atoms with Crippen molar-refractivity contribution in [2.24, 2.45) is 0 Å². The summed E-state index contributed by atoms with van der Waals surface area (Å²) in [6.45, 7) is -0.351. The predicted octanol–water partition coefficient (Wildman–Crippen LogP) is 5.04. The molecule has 4 rings (SSSR count). The number of carbonyl (C=O) groups excluding carboxylic acids is 2. The summed E-state index contributed by atoms with van der Waals surface area (Å²) in [6, 6.07) is 17.7. The Morgan fingerprint density at radius 2 is 1.82 bits per heavy atom. The Kier molecular flexibility index (Phi) is 8.24. The van der Waals surface area contributed by atoms with Gasteiger partial charge in [-0.15, -0.1) is 0 Å². The Morgan fingerprint density at radius 1 is 1.05 bits per heavy atom. The Labute approximate surface area is 227 Å². The lowest BCUT2D eigenvalue weighted by molar-refractivity contribution is -0.384. The van der Waals surface area contributed by atoms with Gasteiger partial charge in [0.25, 0.3) is 17.5 Å². The van der Waals surface area contributed by atoms with E-state index in [1.807, 2.05) is 6.07 Å². The predicted molar refractivity (Wildman–Crippen MR) is 149 cm³/mol. The number of amides is 2. The quantitative estimate of drug-likeness (QED) is 0.169. The van der Waals surface area contributed by atoms with Crippen LogP contribution in [-0.4, -0.2) is 41.9 Å². The monoisotopic (exact) mass is 551 g/mol. The minimum atomic E-state index is -0.547. The molecule has 0 radical (unpaired) electrons. The third-order valence-electron chi connectivity index (χ3n) is 5.30. The first-order valence-electron chi connectivity index (χ1n) is 11.1. The van der Waals surface area contributed by atoms with Gasteiger partial charge >= 0.3 is 0 Å². The molecule has 3 aromatic rings. The third kappa shape index (κ3) is 5.93. The zero-order valence-electron chi connectivity index (χ0n) is 20.2. The van der Waals surface area contributed by atoms with E-state index in [9.17, 15) is 19.7 Å². The van der Waals surface area contributed by atoms with E-state index in [0.717, 1.165) is 0 Å². The number of thiocarbonyl (C=S) groups is 1. The molecule has 0 atom stereocenters. The van der Waals surface area contributed by atoms with Gasteiger partial charge in [-0.05, 0) is 42.0 Å². The molecule has 0 bridgehead atoms. The normalized spacial score (nSPS) is 13.9. The van der Waals surface area contributed by atoms with E-state index in [4.69, 9.17) is 26.4 Å². The molecule has 0 aromatic heterocycles. The van der Waals surface area contributed by atoms with Crippen molar-refractivity contribution in [3.8, 4) is 17.2 Å². The van der Waals surface area contributed by atoms with Crippen molar-refractivity contribution in [1.29, 1.82) is 0 Å². The second-order valence-electron chi connectivity index (χ2n) is 7.74. The maximum absolute atomic E-state index is 13.2. The lowest BCUT2D eigenvalue weighted by Crippen LogP contribution is -2.27. The van der Waals surface area contributed by atoms with Gasteiger partial charge in [-0.3, -0.25) is 24.6 Å². The number of non-ortho nitro benzene ring substituents is 1. The van der Waals surface area contributed by atoms with Gasteiger partial charge in [0.15, 0.2) is 22.4 Å². The third-order valence-corrected chi connectivity index (χ3v) is 6.61. The van der Waals surface area contributed by atoms with Gasteiger partial charge in [0.2, 0.25) is 0 Å². The number of thioether (sulfide) groups is 1. The summed E-state index contributed by atoms with van der Waals surface area (Å²) in [5, 5.41) is 13.5. The molecule has 38 heavy (non-hydrogen) atoms. The van der Waals surface area contributed by atoms with Crippen LogP contribution in [0.15, 0.2) is 71.6 Å². The molecule has 0 spiro atoms. The van der Waals surface area contributed by atoms with Gasteiger partial charge in [-0.1, -0.05) is 48.2 Å². The molecule has 10 nitrogen and oxygen atoms in total. The number of nitrogens with zero attached hydrogens (tertiary/aromatic N) is 2. The molecule has 0 aliphatic carbocycles. The number of hydrogen-bond acceptors (Lipinski definition) is 9. The fourth-order valence-corrected chi connectivity index (χ4v) is 4.86. The van der Waals surface area contributed by atoms with E-state index >= 15 is 0 Å². The fraction of sp³-hybridized carbons (Fsp3) is 0.115. The molecule has 1 saturated heterocycles. The SMILES string of the molecule is COc1cc(/C=C2\SC(=S)N(c3ccccc3OC)C2=O)ccc1OCC(=O)Nc1cccc([N+](=O)[O-])c1. The zero-order chi connectivity index (χ0) is 27.2. The number of hydrogen-bond donors (Lipinski definition) is 1. The maximum Gasteiger partial charge on any atom is 0.271 e. The molecule has 0 unspecified atom stereocenters. The molecule has 1 aliphatic heterocycles. The number of benzene rings is 3. The van der Waals surface area contributed by atoms with Crippen LogP contribution < -0.4 is 24.4 Å². The van der Waals surface area contributed by atoms with Gasteiger partial charge in [-0.2, -0.15) is 0 Å². The summed E-state index contributed by atoms with van der Waals surface area (Å²) < 4.78 is 16.8. The van der Waals surface area contributed by atoms with E-state index in [2.05, 4.69) is 5.32 Å². The summed E-state index contributed by atoms with van der Waals surface area (Å²) in [6.07, 6.45) is 1.69. The second kappa shape index (κ2) is 11.8. The summed E-state index contributed by atoms with van der Waals surface area (Å²) >= 11 is 6.62. The summed E-state index contributed by atoms with van der Waals surface area (Å²) in [7, 11) is 2.98. The smallest absolute Gasteiger partial charge is 0.271 e. The van der Waals surface area contributed by atoms with E-state index in [-0.39, 0.29) is 23.9 Å². The lowest BCUT2D eigenvalue weighted by atomic mass is 10.1. The first kappa shape index (κ1) is 26.6. The molecule has 1 N–H and O–H groups in total. The number of rotatable bonds is 9. The van der Waals surface area contributed by atoms with Gasteiger partial charge in [0.1, 0.15) is 5.75 Å². The molecule has 1 heterocycles. The van der Waals surface area contributed by atoms with Crippen molar-refractivity contribution in [2.75, 3.05) is 31.0 Å². The number of nitro benzene ring substituents is 1. The van der Waals surface area contributed by atoms with E-state index in [1.54, 1.807) is 42.5 Å². The van der Waals surface area contributed by atoms with Crippen molar-refractivity contribution in [3.05, 3.63) is 87.3 Å². The van der Waals surface area contributed by atoms with Crippen LogP contribution in [0.5, 0.6) is 17.2 Å². The maximum atomic E-state index is 13.2. The first-order chi connectivity index (χ1) is 18.3. The van der Waals surface area contributed by atoms with Crippen LogP contribution in [0.4, 0.5) is 17.1 Å². The summed E-state index contributed by atoms with van der Waals surface area (Å²) in [4.78, 5) is 37.7. The average Bonchev–Trinajstić information content (AvgIpc) is 3.19. The zero-order valence-corrected chi connectivity index (χ0v) is 21.8. The van der Waals surface area contributed by atoms with Crippen LogP contribution in [0, 0.1) is 10.1 Å². The van der Waals surface area contributed by atoms with Crippen LogP contribution >= 0.6 is 24.0 Å². The summed E-state index contributed by atoms with van der Waals surface area (Å²) in [5.41, 5.74) is 1.36. The molecule has 12 heteroatoms. The number of carbonyl (C=O) groups is 2. The van der Waals surface area contributed by atoms with Gasteiger partial charge in [0, 0.05) is 17.8 Å². The minimum absolute atomic E-state index is 0.138. The Balaban J connectivity index is 1.45. The second-order valence-corrected chi connectivity index (χ2v) is 9.42. The number of anilines is 2. The molecule has 1 fully saturated rings. The van der Waals surface area contributed by atoms with Crippen molar-refractivity contribution >= 4 is 63.3 Å². The number of methoxy groups -OCH3 is 2. The van der Waals surface area contributed by atoms with Crippen molar-refractivity contribution in [2.45, 2.75) is 0 Å². The number of nitrogens with one attached hydrogen (secondary N) is 1. The molecule has 194 valence electrons.